The van der Waals surface area contributed by atoms with E-state index in [1.54, 1.807) is 0 Å². The number of nitro groups is 3. The highest BCUT2D eigenvalue weighted by molar-refractivity contribution is 5.50. The largest absolute Gasteiger partial charge is 0.699 e. The first kappa shape index (κ1) is 25.6. The highest BCUT2D eigenvalue weighted by Gasteiger charge is 2.69. The summed E-state index contributed by atoms with van der Waals surface area (Å²) in [6.45, 7) is 0. The number of unbranched alkanes of at least 4 members (excludes halogenated alkanes) is 11. The second-order valence-corrected chi connectivity index (χ2v) is 6.77. The summed E-state index contributed by atoms with van der Waals surface area (Å²) in [4.78, 5) is 38.2. The Morgan fingerprint density at radius 1 is 0.643 bits per heavy atom. The van der Waals surface area contributed by atoms with Gasteiger partial charge in [0.25, 0.3) is 0 Å². The van der Waals surface area contributed by atoms with Crippen LogP contribution in [0.1, 0.15) is 89.9 Å². The van der Waals surface area contributed by atoms with Crippen LogP contribution < -0.4 is 0 Å². The van der Waals surface area contributed by atoms with Gasteiger partial charge >= 0.3 is 5.79 Å². The van der Waals surface area contributed by atoms with Crippen LogP contribution in [0.15, 0.2) is 12.2 Å². The van der Waals surface area contributed by atoms with Crippen molar-refractivity contribution in [3.05, 3.63) is 42.5 Å². The zero-order chi connectivity index (χ0) is 21.3. The van der Waals surface area contributed by atoms with Gasteiger partial charge in [-0.05, 0) is 38.5 Å². The van der Waals surface area contributed by atoms with Crippen LogP contribution in [0.4, 0.5) is 0 Å². The molecule has 0 bridgehead atoms. The van der Waals surface area contributed by atoms with Crippen molar-refractivity contribution in [2.45, 2.75) is 95.7 Å². The molecule has 0 unspecified atom stereocenters. The van der Waals surface area contributed by atoms with Gasteiger partial charge in [-0.15, -0.1) is 0 Å². The Morgan fingerprint density at radius 3 is 1.46 bits per heavy atom. The monoisotopic (exact) mass is 400 g/mol. The fourth-order valence-corrected chi connectivity index (χ4v) is 2.85. The van der Waals surface area contributed by atoms with E-state index in [1.165, 1.54) is 0 Å². The molecule has 0 saturated carbocycles. The summed E-state index contributed by atoms with van der Waals surface area (Å²) in [7, 11) is 0. The Hall–Kier alpha value is -2.39. The molecule has 0 saturated heterocycles. The molecule has 0 fully saturated rings. The lowest BCUT2D eigenvalue weighted by Gasteiger charge is -2.08. The lowest BCUT2D eigenvalue weighted by molar-refractivity contribution is -0.970. The summed E-state index contributed by atoms with van der Waals surface area (Å²) in [5, 5.41) is 32.4. The molecule has 0 aromatic heterocycles. The SMILES string of the molecule is O=[C]CCCC/C=C\CCCCCCCCCCC([N+](=O)[O-])([N+](=O)[O-])[N+](=O)[O-]. The second kappa shape index (κ2) is 15.6. The minimum absolute atomic E-state index is 0.0820. The van der Waals surface area contributed by atoms with Gasteiger partial charge in [-0.2, -0.15) is 0 Å². The first-order chi connectivity index (χ1) is 13.4. The van der Waals surface area contributed by atoms with E-state index >= 15 is 0 Å². The Bertz CT molecular complexity index is 487. The third-order valence-corrected chi connectivity index (χ3v) is 4.58. The number of carbonyl (C=O) groups excluding carboxylic acids is 1. The Balaban J connectivity index is 3.68. The van der Waals surface area contributed by atoms with Crippen molar-refractivity contribution in [3.63, 3.8) is 0 Å². The van der Waals surface area contributed by atoms with Crippen molar-refractivity contribution in [1.29, 1.82) is 0 Å². The molecule has 0 aromatic carbocycles. The van der Waals surface area contributed by atoms with E-state index in [9.17, 15) is 35.1 Å². The number of nitrogens with zero attached hydrogens (tertiary/aromatic N) is 3. The summed E-state index contributed by atoms with van der Waals surface area (Å²) in [6.07, 6.45) is 16.5. The van der Waals surface area contributed by atoms with Crippen molar-refractivity contribution >= 4 is 6.29 Å². The second-order valence-electron chi connectivity index (χ2n) is 6.77. The van der Waals surface area contributed by atoms with Gasteiger partial charge in [-0.1, -0.05) is 50.7 Å². The summed E-state index contributed by atoms with van der Waals surface area (Å²) >= 11 is 0. The molecule has 159 valence electrons. The van der Waals surface area contributed by atoms with Gasteiger partial charge in [0.1, 0.15) is 0 Å². The zero-order valence-electron chi connectivity index (χ0n) is 16.3. The molecule has 0 aliphatic carbocycles. The van der Waals surface area contributed by atoms with Gasteiger partial charge in [0, 0.05) is 6.42 Å². The summed E-state index contributed by atoms with van der Waals surface area (Å²) in [5.74, 6) is -3.32. The molecule has 10 heteroatoms. The van der Waals surface area contributed by atoms with E-state index < -0.39 is 27.0 Å². The number of allylic oxidation sites excluding steroid dienone is 2. The maximum atomic E-state index is 10.8. The molecular formula is C18H30N3O7. The Kier molecular flexibility index (Phi) is 14.3. The maximum Gasteiger partial charge on any atom is 0.699 e. The van der Waals surface area contributed by atoms with Gasteiger partial charge < -0.3 is 0 Å². The molecule has 10 nitrogen and oxygen atoms in total. The molecule has 1 radical (unpaired) electrons. The number of hydrogen-bond acceptors (Lipinski definition) is 7. The predicted octanol–water partition coefficient (Wildman–Crippen LogP) is 4.60. The van der Waals surface area contributed by atoms with E-state index in [0.717, 1.165) is 64.2 Å². The molecule has 0 atom stereocenters. The van der Waals surface area contributed by atoms with Crippen LogP contribution in [0, 0.1) is 30.3 Å². The van der Waals surface area contributed by atoms with Gasteiger partial charge in [-0.25, -0.2) is 0 Å². The van der Waals surface area contributed by atoms with Crippen LogP contribution in [-0.2, 0) is 4.79 Å². The number of hydrogen-bond donors (Lipinski definition) is 0. The van der Waals surface area contributed by atoms with Crippen LogP contribution in [0.5, 0.6) is 0 Å². The normalized spacial score (nSPS) is 11.6. The molecule has 0 heterocycles. The van der Waals surface area contributed by atoms with Crippen molar-refractivity contribution in [3.8, 4) is 0 Å². The van der Waals surface area contributed by atoms with Gasteiger partial charge in [0.15, 0.2) is 27.5 Å². The van der Waals surface area contributed by atoms with E-state index in [2.05, 4.69) is 12.2 Å². The molecule has 0 amide bonds. The molecule has 0 rings (SSSR count). The molecule has 0 aliphatic rings. The lowest BCUT2D eigenvalue weighted by atomic mass is 10.0. The highest BCUT2D eigenvalue weighted by Crippen LogP contribution is 2.21. The predicted molar refractivity (Wildman–Crippen MR) is 103 cm³/mol. The summed E-state index contributed by atoms with van der Waals surface area (Å²) in [6, 6.07) is 0. The molecule has 0 N–H and O–H groups in total. The highest BCUT2D eigenvalue weighted by atomic mass is 16.7. The van der Waals surface area contributed by atoms with Crippen molar-refractivity contribution in [1.82, 2.24) is 0 Å². The maximum absolute atomic E-state index is 10.8. The third-order valence-electron chi connectivity index (χ3n) is 4.58. The molecule has 0 spiro atoms. The Labute approximate surface area is 164 Å². The quantitative estimate of drug-likeness (QED) is 0.101. The van der Waals surface area contributed by atoms with Crippen molar-refractivity contribution in [2.24, 2.45) is 0 Å². The van der Waals surface area contributed by atoms with E-state index in [1.807, 2.05) is 6.29 Å². The van der Waals surface area contributed by atoms with Crippen LogP contribution in [0.2, 0.25) is 0 Å². The van der Waals surface area contributed by atoms with E-state index in [4.69, 9.17) is 0 Å². The average Bonchev–Trinajstić information content (AvgIpc) is 2.63. The van der Waals surface area contributed by atoms with Crippen LogP contribution in [0.3, 0.4) is 0 Å². The third kappa shape index (κ3) is 10.1. The van der Waals surface area contributed by atoms with Crippen molar-refractivity contribution < 1.29 is 19.6 Å². The fraction of sp³-hybridized carbons (Fsp3) is 0.833. The fourth-order valence-electron chi connectivity index (χ4n) is 2.85. The van der Waals surface area contributed by atoms with Gasteiger partial charge in [-0.3, -0.25) is 35.1 Å². The standard InChI is InChI=1S/C18H30N3O7/c22-17-15-13-11-9-7-5-3-1-2-4-6-8-10-12-14-16-18(19(23)24,20(25)26)21(27)28/h5,7H,1-4,6,8-16H2/b7-5-. The molecule has 0 aromatic rings. The topological polar surface area (TPSA) is 146 Å². The zero-order valence-corrected chi connectivity index (χ0v) is 16.3. The first-order valence-corrected chi connectivity index (χ1v) is 9.83. The van der Waals surface area contributed by atoms with Gasteiger partial charge in [0.2, 0.25) is 0 Å². The van der Waals surface area contributed by atoms with Crippen LogP contribution in [0.25, 0.3) is 0 Å². The van der Waals surface area contributed by atoms with E-state index in [0.29, 0.717) is 12.8 Å². The number of rotatable bonds is 19. The van der Waals surface area contributed by atoms with E-state index in [-0.39, 0.29) is 6.42 Å². The van der Waals surface area contributed by atoms with Crippen molar-refractivity contribution in [2.75, 3.05) is 0 Å². The molecular weight excluding hydrogens is 370 g/mol. The van der Waals surface area contributed by atoms with Crippen LogP contribution in [-0.4, -0.2) is 26.8 Å². The average molecular weight is 400 g/mol. The minimum Gasteiger partial charge on any atom is -0.291 e. The summed E-state index contributed by atoms with van der Waals surface area (Å²) in [5.41, 5.74) is 0. The van der Waals surface area contributed by atoms with Crippen LogP contribution >= 0.6 is 0 Å². The molecule has 0 aliphatic heterocycles. The minimum atomic E-state index is -3.32. The molecule has 28 heavy (non-hydrogen) atoms. The Morgan fingerprint density at radius 2 is 1.04 bits per heavy atom. The lowest BCUT2D eigenvalue weighted by Crippen LogP contribution is -2.53. The smallest absolute Gasteiger partial charge is 0.291 e. The summed E-state index contributed by atoms with van der Waals surface area (Å²) < 4.78 is 0. The van der Waals surface area contributed by atoms with Gasteiger partial charge in [0.05, 0.1) is 0 Å². The first-order valence-electron chi connectivity index (χ1n) is 9.83.